The summed E-state index contributed by atoms with van der Waals surface area (Å²) in [6, 6.07) is 7.34. The number of hydrogen-bond acceptors (Lipinski definition) is 2. The van der Waals surface area contributed by atoms with Crippen LogP contribution in [0.25, 0.3) is 0 Å². The van der Waals surface area contributed by atoms with Crippen LogP contribution < -0.4 is 0 Å². The smallest absolute Gasteiger partial charge is 0.310 e. The molecule has 0 saturated heterocycles. The van der Waals surface area contributed by atoms with E-state index in [1.807, 2.05) is 18.2 Å². The minimum atomic E-state index is -0.155. The van der Waals surface area contributed by atoms with Crippen LogP contribution >= 0.6 is 43.5 Å². The van der Waals surface area contributed by atoms with Crippen LogP contribution in [0.15, 0.2) is 33.7 Å². The minimum Gasteiger partial charge on any atom is -0.461 e. The Kier molecular flexibility index (Phi) is 4.98. The molecule has 2 atom stereocenters. The lowest BCUT2D eigenvalue weighted by Gasteiger charge is -2.06. The summed E-state index contributed by atoms with van der Waals surface area (Å²) >= 11 is 12.6. The molecule has 1 aromatic carbocycles. The van der Waals surface area contributed by atoms with Crippen molar-refractivity contribution in [3.63, 3.8) is 0 Å². The Morgan fingerprint density at radius 3 is 2.75 bits per heavy atom. The Bertz CT molecular complexity index is 551. The van der Waals surface area contributed by atoms with Gasteiger partial charge in [0.25, 0.3) is 0 Å². The van der Waals surface area contributed by atoms with E-state index in [0.717, 1.165) is 8.96 Å². The fraction of sp³-hybridized carbons (Fsp3) is 0.400. The van der Waals surface area contributed by atoms with Crippen LogP contribution in [0.1, 0.15) is 19.4 Å². The third kappa shape index (κ3) is 3.66. The second-order valence-corrected chi connectivity index (χ2v) is 8.73. The molecule has 108 valence electrons. The van der Waals surface area contributed by atoms with E-state index < -0.39 is 0 Å². The third-order valence-corrected chi connectivity index (χ3v) is 4.50. The molecule has 1 fully saturated rings. The molecule has 0 amide bonds. The highest BCUT2D eigenvalue weighted by Gasteiger charge is 2.61. The highest BCUT2D eigenvalue weighted by Crippen LogP contribution is 2.60. The van der Waals surface area contributed by atoms with Gasteiger partial charge < -0.3 is 4.74 Å². The summed E-state index contributed by atoms with van der Waals surface area (Å²) < 4.78 is 6.27. The van der Waals surface area contributed by atoms with Gasteiger partial charge in [0.05, 0.1) is 9.31 Å². The molecule has 0 aromatic heterocycles. The first-order valence-electron chi connectivity index (χ1n) is 6.26. The van der Waals surface area contributed by atoms with Crippen LogP contribution in [0, 0.1) is 17.3 Å². The molecule has 0 heterocycles. The monoisotopic (exact) mass is 420 g/mol. The standard InChI is InChI=1S/C15H15Br2ClO2/c1-15(2)11(7-12(16)17)13(15)14(19)20-8-9-4-3-5-10(18)6-9/h3-7,11,13H,8H2,1-2H3/t11-,13-/m0/s1. The molecule has 1 aliphatic rings. The van der Waals surface area contributed by atoms with E-state index in [-0.39, 0.29) is 29.8 Å². The van der Waals surface area contributed by atoms with Gasteiger partial charge in [-0.15, -0.1) is 0 Å². The van der Waals surface area contributed by atoms with Crippen LogP contribution in [0.2, 0.25) is 5.02 Å². The van der Waals surface area contributed by atoms with Gasteiger partial charge in [0, 0.05) is 5.02 Å². The van der Waals surface area contributed by atoms with Gasteiger partial charge in [-0.3, -0.25) is 4.79 Å². The van der Waals surface area contributed by atoms with E-state index in [4.69, 9.17) is 16.3 Å². The highest BCUT2D eigenvalue weighted by atomic mass is 79.9. The van der Waals surface area contributed by atoms with Crippen molar-refractivity contribution in [2.24, 2.45) is 17.3 Å². The van der Waals surface area contributed by atoms with Gasteiger partial charge >= 0.3 is 5.97 Å². The lowest BCUT2D eigenvalue weighted by atomic mass is 10.1. The van der Waals surface area contributed by atoms with E-state index in [0.29, 0.717) is 5.02 Å². The number of ether oxygens (including phenoxy) is 1. The maximum atomic E-state index is 12.2. The van der Waals surface area contributed by atoms with Crippen molar-refractivity contribution >= 4 is 49.4 Å². The molecule has 1 aromatic rings. The van der Waals surface area contributed by atoms with E-state index in [1.165, 1.54) is 0 Å². The molecular weight excluding hydrogens is 407 g/mol. The first-order valence-corrected chi connectivity index (χ1v) is 8.22. The fourth-order valence-corrected chi connectivity index (χ4v) is 3.23. The number of rotatable bonds is 4. The predicted molar refractivity (Wildman–Crippen MR) is 87.9 cm³/mol. The molecule has 0 unspecified atom stereocenters. The van der Waals surface area contributed by atoms with Crippen molar-refractivity contribution in [2.45, 2.75) is 20.5 Å². The van der Waals surface area contributed by atoms with Crippen molar-refractivity contribution in [3.05, 3.63) is 44.3 Å². The van der Waals surface area contributed by atoms with Gasteiger partial charge in [0.15, 0.2) is 0 Å². The van der Waals surface area contributed by atoms with Gasteiger partial charge in [-0.25, -0.2) is 0 Å². The first kappa shape index (κ1) is 16.1. The predicted octanol–water partition coefficient (Wildman–Crippen LogP) is 5.29. The summed E-state index contributed by atoms with van der Waals surface area (Å²) in [4.78, 5) is 12.2. The maximum Gasteiger partial charge on any atom is 0.310 e. The first-order chi connectivity index (χ1) is 9.32. The molecule has 0 aliphatic heterocycles. The number of carbonyl (C=O) groups excluding carboxylic acids is 1. The van der Waals surface area contributed by atoms with Crippen LogP contribution in [0.5, 0.6) is 0 Å². The van der Waals surface area contributed by atoms with E-state index >= 15 is 0 Å². The number of esters is 1. The van der Waals surface area contributed by atoms with Crippen LogP contribution in [-0.2, 0) is 16.1 Å². The van der Waals surface area contributed by atoms with E-state index in [2.05, 4.69) is 45.7 Å². The molecule has 0 N–H and O–H groups in total. The molecule has 0 bridgehead atoms. The van der Waals surface area contributed by atoms with Crippen LogP contribution in [0.4, 0.5) is 0 Å². The second-order valence-electron chi connectivity index (χ2n) is 5.52. The van der Waals surface area contributed by atoms with Crippen molar-refractivity contribution in [1.29, 1.82) is 0 Å². The summed E-state index contributed by atoms with van der Waals surface area (Å²) in [7, 11) is 0. The van der Waals surface area contributed by atoms with E-state index in [9.17, 15) is 4.79 Å². The van der Waals surface area contributed by atoms with Crippen molar-refractivity contribution in [2.75, 3.05) is 0 Å². The Balaban J connectivity index is 1.95. The Labute approximate surface area is 140 Å². The molecule has 1 aliphatic carbocycles. The molecular formula is C15H15Br2ClO2. The molecule has 20 heavy (non-hydrogen) atoms. The lowest BCUT2D eigenvalue weighted by Crippen LogP contribution is -2.10. The van der Waals surface area contributed by atoms with Gasteiger partial charge in [-0.05, 0) is 60.9 Å². The summed E-state index contributed by atoms with van der Waals surface area (Å²) in [5.41, 5.74) is 0.844. The Morgan fingerprint density at radius 2 is 2.15 bits per heavy atom. The lowest BCUT2D eigenvalue weighted by molar-refractivity contribution is -0.147. The highest BCUT2D eigenvalue weighted by molar-refractivity contribution is 9.28. The zero-order chi connectivity index (χ0) is 14.9. The molecule has 2 rings (SSSR count). The SMILES string of the molecule is CC1(C)[C@H](C(=O)OCc2cccc(Cl)c2)[C@@H]1C=C(Br)Br. The average molecular weight is 423 g/mol. The average Bonchev–Trinajstić information content (AvgIpc) is 2.87. The molecule has 2 nitrogen and oxygen atoms in total. The number of carbonyl (C=O) groups is 1. The van der Waals surface area contributed by atoms with E-state index in [1.54, 1.807) is 12.1 Å². The van der Waals surface area contributed by atoms with Crippen LogP contribution in [0.3, 0.4) is 0 Å². The second kappa shape index (κ2) is 6.20. The molecule has 1 saturated carbocycles. The normalized spacial score (nSPS) is 23.1. The quantitative estimate of drug-likeness (QED) is 0.617. The molecule has 5 heteroatoms. The van der Waals surface area contributed by atoms with Gasteiger partial charge in [-0.2, -0.15) is 0 Å². The Hall–Kier alpha value is -0.320. The zero-order valence-electron chi connectivity index (χ0n) is 11.2. The van der Waals surface area contributed by atoms with Crippen molar-refractivity contribution in [1.82, 2.24) is 0 Å². The number of halogens is 3. The summed E-state index contributed by atoms with van der Waals surface area (Å²) in [6.07, 6.45) is 2.01. The number of benzene rings is 1. The summed E-state index contributed by atoms with van der Waals surface area (Å²) in [5, 5.41) is 0.648. The number of allylic oxidation sites excluding steroid dienone is 1. The van der Waals surface area contributed by atoms with Crippen molar-refractivity contribution in [3.8, 4) is 0 Å². The third-order valence-electron chi connectivity index (χ3n) is 3.74. The topological polar surface area (TPSA) is 26.3 Å². The van der Waals surface area contributed by atoms with Crippen LogP contribution in [-0.4, -0.2) is 5.97 Å². The molecule has 0 spiro atoms. The van der Waals surface area contributed by atoms with Gasteiger partial charge in [0.2, 0.25) is 0 Å². The zero-order valence-corrected chi connectivity index (χ0v) is 15.1. The molecule has 0 radical (unpaired) electrons. The summed E-state index contributed by atoms with van der Waals surface area (Å²) in [5.74, 6) is -0.0487. The number of hydrogen-bond donors (Lipinski definition) is 0. The van der Waals surface area contributed by atoms with Gasteiger partial charge in [0.1, 0.15) is 6.61 Å². The largest absolute Gasteiger partial charge is 0.461 e. The van der Waals surface area contributed by atoms with Gasteiger partial charge in [-0.1, -0.05) is 43.7 Å². The maximum absolute atomic E-state index is 12.2. The fourth-order valence-electron chi connectivity index (χ4n) is 2.45. The summed E-state index contributed by atoms with van der Waals surface area (Å²) in [6.45, 7) is 4.41. The minimum absolute atomic E-state index is 0.0573. The Morgan fingerprint density at radius 1 is 1.45 bits per heavy atom. The van der Waals surface area contributed by atoms with Crippen molar-refractivity contribution < 1.29 is 9.53 Å².